The van der Waals surface area contributed by atoms with E-state index in [0.717, 1.165) is 22.8 Å². The van der Waals surface area contributed by atoms with E-state index in [1.807, 2.05) is 24.5 Å². The summed E-state index contributed by atoms with van der Waals surface area (Å²) in [6.45, 7) is 8.81. The zero-order valence-corrected chi connectivity index (χ0v) is 18.6. The van der Waals surface area contributed by atoms with Crippen molar-refractivity contribution in [2.75, 3.05) is 5.32 Å². The SMILES string of the molecule is CC(C)(c1ccccc1)c1ccc(Nc2ccc(C(C)(C)c3ccccc3)nc2)cn1. The Balaban J connectivity index is 1.49. The van der Waals surface area contributed by atoms with E-state index in [1.54, 1.807) is 0 Å². The summed E-state index contributed by atoms with van der Waals surface area (Å²) in [6, 6.07) is 29.3. The number of aromatic nitrogens is 2. The average Bonchev–Trinajstić information content (AvgIpc) is 2.81. The molecule has 4 aromatic rings. The summed E-state index contributed by atoms with van der Waals surface area (Å²) in [5.41, 5.74) is 6.20. The van der Waals surface area contributed by atoms with Crippen LogP contribution in [-0.4, -0.2) is 9.97 Å². The third-order valence-corrected chi connectivity index (χ3v) is 6.09. The summed E-state index contributed by atoms with van der Waals surface area (Å²) < 4.78 is 0. The number of hydrogen-bond acceptors (Lipinski definition) is 3. The van der Waals surface area contributed by atoms with E-state index in [4.69, 9.17) is 9.97 Å². The highest BCUT2D eigenvalue weighted by molar-refractivity contribution is 5.58. The van der Waals surface area contributed by atoms with E-state index in [1.165, 1.54) is 11.1 Å². The molecule has 0 spiro atoms. The standard InChI is InChI=1S/C28H29N3/c1-27(2,21-11-7-5-8-12-21)25-17-15-23(19-29-25)31-24-16-18-26(30-20-24)28(3,4)22-13-9-6-10-14-22/h5-20,31H,1-4H3. The van der Waals surface area contributed by atoms with Gasteiger partial charge < -0.3 is 5.32 Å². The predicted molar refractivity (Wildman–Crippen MR) is 129 cm³/mol. The van der Waals surface area contributed by atoms with Crippen molar-refractivity contribution in [2.45, 2.75) is 38.5 Å². The summed E-state index contributed by atoms with van der Waals surface area (Å²) in [5, 5.41) is 3.42. The second-order valence-corrected chi connectivity index (χ2v) is 8.97. The topological polar surface area (TPSA) is 37.8 Å². The van der Waals surface area contributed by atoms with Crippen LogP contribution in [0.2, 0.25) is 0 Å². The van der Waals surface area contributed by atoms with Gasteiger partial charge in [-0.2, -0.15) is 0 Å². The van der Waals surface area contributed by atoms with E-state index in [0.29, 0.717) is 0 Å². The lowest BCUT2D eigenvalue weighted by Crippen LogP contribution is -2.20. The normalized spacial score (nSPS) is 11.9. The molecule has 156 valence electrons. The number of hydrogen-bond donors (Lipinski definition) is 1. The second kappa shape index (κ2) is 8.35. The third kappa shape index (κ3) is 4.36. The van der Waals surface area contributed by atoms with Crippen molar-refractivity contribution in [1.29, 1.82) is 0 Å². The van der Waals surface area contributed by atoms with Gasteiger partial charge in [0.2, 0.25) is 0 Å². The fourth-order valence-electron chi connectivity index (χ4n) is 3.85. The van der Waals surface area contributed by atoms with E-state index < -0.39 is 0 Å². The Bertz CT molecular complexity index is 1020. The minimum Gasteiger partial charge on any atom is -0.353 e. The van der Waals surface area contributed by atoms with E-state index >= 15 is 0 Å². The maximum atomic E-state index is 4.74. The molecule has 0 fully saturated rings. The van der Waals surface area contributed by atoms with Crippen LogP contribution in [0.5, 0.6) is 0 Å². The van der Waals surface area contributed by atoms with Crippen molar-refractivity contribution in [3.05, 3.63) is 120 Å². The molecule has 31 heavy (non-hydrogen) atoms. The first kappa shape index (κ1) is 20.8. The minimum absolute atomic E-state index is 0.147. The Morgan fingerprint density at radius 1 is 0.516 bits per heavy atom. The van der Waals surface area contributed by atoms with E-state index in [2.05, 4.69) is 106 Å². The molecule has 0 saturated carbocycles. The first-order chi connectivity index (χ1) is 14.9. The number of pyridine rings is 2. The Morgan fingerprint density at radius 3 is 1.23 bits per heavy atom. The van der Waals surface area contributed by atoms with Gasteiger partial charge in [-0.05, 0) is 35.4 Å². The van der Waals surface area contributed by atoms with Crippen LogP contribution in [0.4, 0.5) is 11.4 Å². The number of nitrogens with zero attached hydrogens (tertiary/aromatic N) is 2. The Kier molecular flexibility index (Phi) is 5.60. The molecule has 3 heteroatoms. The highest BCUT2D eigenvalue weighted by Gasteiger charge is 2.25. The van der Waals surface area contributed by atoms with Gasteiger partial charge in [0.1, 0.15) is 0 Å². The van der Waals surface area contributed by atoms with Gasteiger partial charge >= 0.3 is 0 Å². The quantitative estimate of drug-likeness (QED) is 0.379. The molecular weight excluding hydrogens is 378 g/mol. The van der Waals surface area contributed by atoms with Crippen LogP contribution in [0.15, 0.2) is 97.3 Å². The van der Waals surface area contributed by atoms with Gasteiger partial charge in [0.05, 0.1) is 35.2 Å². The minimum atomic E-state index is -0.147. The van der Waals surface area contributed by atoms with Crippen LogP contribution in [-0.2, 0) is 10.8 Å². The van der Waals surface area contributed by atoms with Crippen molar-refractivity contribution in [1.82, 2.24) is 9.97 Å². The number of rotatable bonds is 6. The van der Waals surface area contributed by atoms with Crippen molar-refractivity contribution < 1.29 is 0 Å². The Hall–Kier alpha value is -3.46. The Labute approximate surface area is 185 Å². The fraction of sp³-hybridized carbons (Fsp3) is 0.214. The van der Waals surface area contributed by atoms with Gasteiger partial charge in [-0.25, -0.2) is 0 Å². The lowest BCUT2D eigenvalue weighted by atomic mass is 9.81. The lowest BCUT2D eigenvalue weighted by molar-refractivity contribution is 0.617. The van der Waals surface area contributed by atoms with Gasteiger partial charge in [-0.15, -0.1) is 0 Å². The third-order valence-electron chi connectivity index (χ3n) is 6.09. The molecular formula is C28H29N3. The van der Waals surface area contributed by atoms with Gasteiger partial charge in [0, 0.05) is 10.8 Å². The predicted octanol–water partition coefficient (Wildman–Crippen LogP) is 6.87. The van der Waals surface area contributed by atoms with Crippen LogP contribution < -0.4 is 5.32 Å². The molecule has 2 heterocycles. The second-order valence-electron chi connectivity index (χ2n) is 8.97. The summed E-state index contributed by atoms with van der Waals surface area (Å²) >= 11 is 0. The molecule has 0 bridgehead atoms. The fourth-order valence-corrected chi connectivity index (χ4v) is 3.85. The molecule has 3 nitrogen and oxygen atoms in total. The molecule has 0 aliphatic heterocycles. The van der Waals surface area contributed by atoms with Crippen LogP contribution in [0, 0.1) is 0 Å². The van der Waals surface area contributed by atoms with Gasteiger partial charge in [-0.3, -0.25) is 9.97 Å². The first-order valence-electron chi connectivity index (χ1n) is 10.7. The molecule has 2 aromatic carbocycles. The molecule has 0 atom stereocenters. The van der Waals surface area contributed by atoms with Crippen molar-refractivity contribution in [3.8, 4) is 0 Å². The van der Waals surface area contributed by atoms with Gasteiger partial charge in [0.15, 0.2) is 0 Å². The van der Waals surface area contributed by atoms with Crippen molar-refractivity contribution >= 4 is 11.4 Å². The zero-order valence-electron chi connectivity index (χ0n) is 18.6. The number of benzene rings is 2. The molecule has 1 N–H and O–H groups in total. The summed E-state index contributed by atoms with van der Waals surface area (Å²) in [4.78, 5) is 9.47. The molecule has 0 saturated heterocycles. The number of nitrogens with one attached hydrogen (secondary N) is 1. The molecule has 4 rings (SSSR count). The smallest absolute Gasteiger partial charge is 0.0571 e. The van der Waals surface area contributed by atoms with Gasteiger partial charge in [-0.1, -0.05) is 88.4 Å². The van der Waals surface area contributed by atoms with Crippen LogP contribution in [0.25, 0.3) is 0 Å². The molecule has 2 aromatic heterocycles. The van der Waals surface area contributed by atoms with E-state index in [-0.39, 0.29) is 10.8 Å². The zero-order chi connectivity index (χ0) is 21.9. The summed E-state index contributed by atoms with van der Waals surface area (Å²) in [7, 11) is 0. The van der Waals surface area contributed by atoms with Gasteiger partial charge in [0.25, 0.3) is 0 Å². The number of anilines is 2. The maximum absolute atomic E-state index is 4.74. The highest BCUT2D eigenvalue weighted by atomic mass is 14.9. The molecule has 0 amide bonds. The lowest BCUT2D eigenvalue weighted by Gasteiger charge is -2.25. The highest BCUT2D eigenvalue weighted by Crippen LogP contribution is 2.32. The summed E-state index contributed by atoms with van der Waals surface area (Å²) in [5.74, 6) is 0. The monoisotopic (exact) mass is 407 g/mol. The molecule has 0 aliphatic rings. The molecule has 0 aliphatic carbocycles. The van der Waals surface area contributed by atoms with Crippen LogP contribution in [0.3, 0.4) is 0 Å². The van der Waals surface area contributed by atoms with Crippen LogP contribution in [0.1, 0.15) is 50.2 Å². The van der Waals surface area contributed by atoms with E-state index in [9.17, 15) is 0 Å². The Morgan fingerprint density at radius 2 is 0.903 bits per heavy atom. The largest absolute Gasteiger partial charge is 0.353 e. The average molecular weight is 408 g/mol. The molecule has 0 unspecified atom stereocenters. The van der Waals surface area contributed by atoms with Crippen LogP contribution >= 0.6 is 0 Å². The maximum Gasteiger partial charge on any atom is 0.0571 e. The van der Waals surface area contributed by atoms with Crippen molar-refractivity contribution in [2.24, 2.45) is 0 Å². The summed E-state index contributed by atoms with van der Waals surface area (Å²) in [6.07, 6.45) is 3.78. The first-order valence-corrected chi connectivity index (χ1v) is 10.7. The van der Waals surface area contributed by atoms with Crippen molar-refractivity contribution in [3.63, 3.8) is 0 Å². The molecule has 0 radical (unpaired) electrons.